The Morgan fingerprint density at radius 1 is 0.358 bits per heavy atom. The zero-order valence-electron chi connectivity index (χ0n) is 29.0. The topological polar surface area (TPSA) is 93.1 Å². The van der Waals surface area contributed by atoms with Gasteiger partial charge in [0, 0.05) is 63.4 Å². The van der Waals surface area contributed by atoms with E-state index in [2.05, 4.69) is 87.6 Å². The van der Waals surface area contributed by atoms with Crippen LogP contribution in [0.1, 0.15) is 11.1 Å². The molecule has 53 heavy (non-hydrogen) atoms. The van der Waals surface area contributed by atoms with Gasteiger partial charge in [-0.1, -0.05) is 109 Å². The maximum atomic E-state index is 8.96. The van der Waals surface area contributed by atoms with Crippen LogP contribution in [0.5, 0.6) is 0 Å². The molecule has 256 valence electrons. The summed E-state index contributed by atoms with van der Waals surface area (Å²) in [6.07, 6.45) is 7.25. The van der Waals surface area contributed by atoms with Crippen molar-refractivity contribution < 1.29 is 0 Å². The van der Waals surface area contributed by atoms with Crippen LogP contribution in [0.2, 0.25) is 0 Å². The van der Waals surface area contributed by atoms with Gasteiger partial charge in [0.15, 0.2) is 0 Å². The Morgan fingerprint density at radius 2 is 0.642 bits per heavy atom. The quantitative estimate of drug-likeness (QED) is 0.139. The van der Waals surface area contributed by atoms with E-state index in [1.54, 1.807) is 24.5 Å². The van der Waals surface area contributed by atoms with Gasteiger partial charge in [-0.15, -0.1) is 0 Å². The van der Waals surface area contributed by atoms with Crippen LogP contribution in [0.4, 0.5) is 39.8 Å². The molecule has 1 heterocycles. The highest BCUT2D eigenvalue weighted by molar-refractivity contribution is 6.68. The molecule has 4 N–H and O–H groups in total. The minimum Gasteiger partial charge on any atom is -0.399 e. The smallest absolute Gasteiger partial charge is 0.0873 e. The van der Waals surface area contributed by atoms with Crippen LogP contribution in [0.15, 0.2) is 207 Å². The number of para-hydroxylation sites is 4. The SMILES string of the molecule is N=C1C(=N)C(c2ccc(N(c3ccccc3)c3ccccc3)cc2)=CC=C1c1ccc(N(c2ccccc2)c2ccccc2)cc1.Nc1ccncc1. The third kappa shape index (κ3) is 7.88. The third-order valence-corrected chi connectivity index (χ3v) is 8.84. The van der Waals surface area contributed by atoms with Crippen molar-refractivity contribution in [1.82, 2.24) is 4.98 Å². The molecule has 0 amide bonds. The van der Waals surface area contributed by atoms with Crippen LogP contribution in [-0.2, 0) is 0 Å². The summed E-state index contributed by atoms with van der Waals surface area (Å²) < 4.78 is 0. The number of rotatable bonds is 8. The van der Waals surface area contributed by atoms with Crippen LogP contribution >= 0.6 is 0 Å². The Hall–Kier alpha value is -7.31. The van der Waals surface area contributed by atoms with Crippen molar-refractivity contribution in [3.05, 3.63) is 218 Å². The number of anilines is 7. The first kappa shape index (κ1) is 34.2. The lowest BCUT2D eigenvalue weighted by Crippen LogP contribution is -2.19. The van der Waals surface area contributed by atoms with Gasteiger partial charge in [-0.3, -0.25) is 15.8 Å². The molecule has 0 saturated carbocycles. The number of hydrogen-bond acceptors (Lipinski definition) is 6. The second-order valence-electron chi connectivity index (χ2n) is 12.3. The molecule has 6 aromatic carbocycles. The van der Waals surface area contributed by atoms with Crippen molar-refractivity contribution in [2.24, 2.45) is 0 Å². The van der Waals surface area contributed by atoms with Gasteiger partial charge in [0.2, 0.25) is 0 Å². The second-order valence-corrected chi connectivity index (χ2v) is 12.3. The number of benzene rings is 6. The lowest BCUT2D eigenvalue weighted by Gasteiger charge is -2.26. The summed E-state index contributed by atoms with van der Waals surface area (Å²) in [5, 5.41) is 17.9. The average Bonchev–Trinajstić information content (AvgIpc) is 3.22. The zero-order valence-corrected chi connectivity index (χ0v) is 29.0. The summed E-state index contributed by atoms with van der Waals surface area (Å²) in [5.41, 5.74) is 16.1. The number of nitrogen functional groups attached to an aromatic ring is 1. The molecule has 6 heteroatoms. The van der Waals surface area contributed by atoms with Crippen LogP contribution in [0.3, 0.4) is 0 Å². The maximum absolute atomic E-state index is 8.96. The molecule has 0 spiro atoms. The molecule has 0 saturated heterocycles. The van der Waals surface area contributed by atoms with Gasteiger partial charge in [0.05, 0.1) is 11.4 Å². The van der Waals surface area contributed by atoms with Crippen LogP contribution < -0.4 is 15.5 Å². The van der Waals surface area contributed by atoms with Gasteiger partial charge < -0.3 is 15.5 Å². The zero-order chi connectivity index (χ0) is 36.4. The second kappa shape index (κ2) is 16.1. The molecular weight excluding hydrogens is 649 g/mol. The number of nitrogens with two attached hydrogens (primary N) is 1. The van der Waals surface area contributed by atoms with Crippen molar-refractivity contribution in [3.8, 4) is 0 Å². The molecule has 0 aliphatic heterocycles. The Kier molecular flexibility index (Phi) is 10.4. The molecule has 0 unspecified atom stereocenters. The first-order chi connectivity index (χ1) is 26.1. The monoisotopic (exact) mass is 686 g/mol. The van der Waals surface area contributed by atoms with Crippen molar-refractivity contribution in [2.75, 3.05) is 15.5 Å². The van der Waals surface area contributed by atoms with Crippen molar-refractivity contribution in [1.29, 1.82) is 10.8 Å². The van der Waals surface area contributed by atoms with Gasteiger partial charge in [-0.2, -0.15) is 0 Å². The van der Waals surface area contributed by atoms with E-state index in [9.17, 15) is 0 Å². The molecule has 0 atom stereocenters. The number of allylic oxidation sites excluding steroid dienone is 4. The first-order valence-electron chi connectivity index (χ1n) is 17.3. The summed E-state index contributed by atoms with van der Waals surface area (Å²) >= 11 is 0. The van der Waals surface area contributed by atoms with Crippen molar-refractivity contribution in [3.63, 3.8) is 0 Å². The summed E-state index contributed by atoms with van der Waals surface area (Å²) in [6.45, 7) is 0. The Bertz CT molecular complexity index is 2110. The van der Waals surface area contributed by atoms with E-state index in [-0.39, 0.29) is 11.4 Å². The number of nitrogens with zero attached hydrogens (tertiary/aromatic N) is 3. The highest BCUT2D eigenvalue weighted by Crippen LogP contribution is 2.37. The number of nitrogens with one attached hydrogen (secondary N) is 2. The molecule has 1 aliphatic rings. The molecule has 0 radical (unpaired) electrons. The molecular formula is C47H38N6. The molecule has 0 bridgehead atoms. The largest absolute Gasteiger partial charge is 0.399 e. The minimum atomic E-state index is 0.215. The number of hydrogen-bond donors (Lipinski definition) is 3. The maximum Gasteiger partial charge on any atom is 0.0873 e. The molecule has 7 aromatic rings. The van der Waals surface area contributed by atoms with E-state index in [0.29, 0.717) is 0 Å². The normalized spacial score (nSPS) is 12.2. The Labute approximate surface area is 310 Å². The van der Waals surface area contributed by atoms with E-state index in [4.69, 9.17) is 16.6 Å². The van der Waals surface area contributed by atoms with E-state index in [1.165, 1.54) is 0 Å². The van der Waals surface area contributed by atoms with Gasteiger partial charge in [-0.05, 0) is 96.1 Å². The summed E-state index contributed by atoms with van der Waals surface area (Å²) in [4.78, 5) is 8.19. The van der Waals surface area contributed by atoms with Crippen LogP contribution in [-0.4, -0.2) is 16.4 Å². The standard InChI is InChI=1S/C42H32N4.C5H6N2/c43-41-39(31-21-25-37(26-22-31)45(33-13-5-1-6-14-33)34-15-7-2-8-16-34)29-30-40(42(41)44)32-23-27-38(28-24-32)46(35-17-9-3-10-18-35)36-19-11-4-12-20-36;6-5-1-3-7-4-2-5/h1-30,43-44H;1-4H,(H2,6,7). The fraction of sp³-hybridized carbons (Fsp3) is 0. The van der Waals surface area contributed by atoms with Crippen LogP contribution in [0, 0.1) is 10.8 Å². The van der Waals surface area contributed by atoms with Crippen molar-refractivity contribution in [2.45, 2.75) is 0 Å². The van der Waals surface area contributed by atoms with E-state index in [0.717, 1.165) is 62.1 Å². The number of pyridine rings is 1. The lowest BCUT2D eigenvalue weighted by atomic mass is 9.86. The molecule has 1 aliphatic carbocycles. The van der Waals surface area contributed by atoms with E-state index in [1.807, 2.05) is 109 Å². The Balaban J connectivity index is 0.000000559. The predicted octanol–water partition coefficient (Wildman–Crippen LogP) is 11.8. The number of aromatic nitrogens is 1. The predicted molar refractivity (Wildman–Crippen MR) is 222 cm³/mol. The van der Waals surface area contributed by atoms with Gasteiger partial charge in [0.1, 0.15) is 0 Å². The fourth-order valence-electron chi connectivity index (χ4n) is 6.23. The summed E-state index contributed by atoms with van der Waals surface area (Å²) in [6, 6.07) is 61.2. The molecule has 0 fully saturated rings. The van der Waals surface area contributed by atoms with Crippen LogP contribution in [0.25, 0.3) is 11.1 Å². The third-order valence-electron chi connectivity index (χ3n) is 8.84. The minimum absolute atomic E-state index is 0.215. The first-order valence-corrected chi connectivity index (χ1v) is 17.3. The summed E-state index contributed by atoms with van der Waals surface area (Å²) in [7, 11) is 0. The average molecular weight is 687 g/mol. The van der Waals surface area contributed by atoms with Gasteiger partial charge in [-0.25, -0.2) is 0 Å². The molecule has 1 aromatic heterocycles. The van der Waals surface area contributed by atoms with Gasteiger partial charge >= 0.3 is 0 Å². The summed E-state index contributed by atoms with van der Waals surface area (Å²) in [5.74, 6) is 0. The van der Waals surface area contributed by atoms with Gasteiger partial charge in [0.25, 0.3) is 0 Å². The lowest BCUT2D eigenvalue weighted by molar-refractivity contribution is 1.28. The van der Waals surface area contributed by atoms with E-state index < -0.39 is 0 Å². The highest BCUT2D eigenvalue weighted by atomic mass is 15.1. The highest BCUT2D eigenvalue weighted by Gasteiger charge is 2.22. The van der Waals surface area contributed by atoms with E-state index >= 15 is 0 Å². The molecule has 6 nitrogen and oxygen atoms in total. The molecule has 8 rings (SSSR count). The fourth-order valence-corrected chi connectivity index (χ4v) is 6.23. The Morgan fingerprint density at radius 3 is 0.906 bits per heavy atom. The van der Waals surface area contributed by atoms with Crippen molar-refractivity contribution >= 4 is 62.4 Å².